The highest BCUT2D eigenvalue weighted by atomic mass is 35.5. The maximum atomic E-state index is 13.4. The molecule has 1 atom stereocenters. The molecule has 0 saturated carbocycles. The summed E-state index contributed by atoms with van der Waals surface area (Å²) in [5, 5.41) is 2.90. The Kier molecular flexibility index (Phi) is 3.76. The van der Waals surface area contributed by atoms with Gasteiger partial charge < -0.3 is 15.0 Å². The Morgan fingerprint density at radius 3 is 2.89 bits per heavy atom. The lowest BCUT2D eigenvalue weighted by Gasteiger charge is -2.34. The van der Waals surface area contributed by atoms with Crippen LogP contribution in [0.25, 0.3) is 0 Å². The Labute approximate surface area is 117 Å². The first kappa shape index (κ1) is 14.2. The lowest BCUT2D eigenvalue weighted by molar-refractivity contribution is 0.0259. The van der Waals surface area contributed by atoms with Crippen LogP contribution in [0.15, 0.2) is 23.2 Å². The molecule has 19 heavy (non-hydrogen) atoms. The number of rotatable bonds is 0. The highest BCUT2D eigenvalue weighted by Gasteiger charge is 2.29. The first-order valence-electron chi connectivity index (χ1n) is 6.24. The van der Waals surface area contributed by atoms with Gasteiger partial charge in [0.15, 0.2) is 5.50 Å². The van der Waals surface area contributed by atoms with Crippen LogP contribution in [-0.4, -0.2) is 35.2 Å². The second kappa shape index (κ2) is 5.04. The lowest BCUT2D eigenvalue weighted by atomic mass is 10.0. The van der Waals surface area contributed by atoms with E-state index >= 15 is 0 Å². The normalized spacial score (nSPS) is 23.5. The van der Waals surface area contributed by atoms with E-state index in [2.05, 4.69) is 5.32 Å². The smallest absolute Gasteiger partial charge is 0.410 e. The van der Waals surface area contributed by atoms with Crippen LogP contribution in [-0.2, 0) is 4.74 Å². The van der Waals surface area contributed by atoms with Crippen molar-refractivity contribution in [1.82, 2.24) is 10.2 Å². The van der Waals surface area contributed by atoms with Crippen molar-refractivity contribution in [2.45, 2.75) is 38.3 Å². The van der Waals surface area contributed by atoms with Crippen molar-refractivity contribution in [2.24, 2.45) is 0 Å². The second-order valence-electron chi connectivity index (χ2n) is 5.69. The number of carbonyl (C=O) groups excluding carboxylic acids is 1. The van der Waals surface area contributed by atoms with Gasteiger partial charge in [0.25, 0.3) is 0 Å². The summed E-state index contributed by atoms with van der Waals surface area (Å²) in [4.78, 5) is 13.5. The van der Waals surface area contributed by atoms with Crippen LogP contribution in [0, 0.1) is 0 Å². The number of nitrogens with one attached hydrogen (secondary N) is 1. The Balaban J connectivity index is 2.06. The lowest BCUT2D eigenvalue weighted by Crippen LogP contribution is -2.43. The summed E-state index contributed by atoms with van der Waals surface area (Å²) >= 11 is 5.78. The molecular formula is C13H18ClFN2O2. The monoisotopic (exact) mass is 288 g/mol. The predicted octanol–water partition coefficient (Wildman–Crippen LogP) is 2.90. The van der Waals surface area contributed by atoms with Gasteiger partial charge >= 0.3 is 6.09 Å². The van der Waals surface area contributed by atoms with Gasteiger partial charge in [0, 0.05) is 18.7 Å². The van der Waals surface area contributed by atoms with E-state index in [1.54, 1.807) is 4.90 Å². The minimum Gasteiger partial charge on any atom is -0.444 e. The number of ether oxygens (including phenoxy) is 1. The standard InChI is InChI=1S/C13H18ClFN2O2/c1-13(2,3)19-12(18)17-5-4-10-8(7-17)6-9(15)11(14)16-10/h6,11,16H,4-5,7H2,1-3H3. The van der Waals surface area contributed by atoms with E-state index in [4.69, 9.17) is 16.3 Å². The van der Waals surface area contributed by atoms with E-state index in [9.17, 15) is 9.18 Å². The van der Waals surface area contributed by atoms with E-state index in [1.807, 2.05) is 20.8 Å². The average molecular weight is 289 g/mol. The minimum absolute atomic E-state index is 0.342. The van der Waals surface area contributed by atoms with Gasteiger partial charge in [-0.3, -0.25) is 0 Å². The second-order valence-corrected chi connectivity index (χ2v) is 6.13. The molecule has 0 aliphatic carbocycles. The Morgan fingerprint density at radius 2 is 2.26 bits per heavy atom. The fourth-order valence-electron chi connectivity index (χ4n) is 2.03. The van der Waals surface area contributed by atoms with Crippen LogP contribution >= 0.6 is 11.6 Å². The first-order valence-corrected chi connectivity index (χ1v) is 6.67. The molecule has 0 saturated heterocycles. The molecule has 2 aliphatic rings. The van der Waals surface area contributed by atoms with E-state index < -0.39 is 16.9 Å². The Hall–Kier alpha value is -1.23. The van der Waals surface area contributed by atoms with Gasteiger partial charge in [-0.15, -0.1) is 0 Å². The highest BCUT2D eigenvalue weighted by molar-refractivity contribution is 6.22. The summed E-state index contributed by atoms with van der Waals surface area (Å²) in [6.45, 7) is 6.34. The molecule has 2 rings (SSSR count). The van der Waals surface area contributed by atoms with E-state index in [1.165, 1.54) is 6.08 Å². The summed E-state index contributed by atoms with van der Waals surface area (Å²) in [7, 11) is 0. The Bertz CT molecular complexity index is 454. The number of nitrogens with zero attached hydrogens (tertiary/aromatic N) is 1. The quantitative estimate of drug-likeness (QED) is 0.550. The summed E-state index contributed by atoms with van der Waals surface area (Å²) < 4.78 is 18.8. The zero-order chi connectivity index (χ0) is 14.2. The molecule has 0 spiro atoms. The number of alkyl halides is 1. The number of hydrogen-bond donors (Lipinski definition) is 1. The topological polar surface area (TPSA) is 41.6 Å². The van der Waals surface area contributed by atoms with Gasteiger partial charge in [-0.1, -0.05) is 11.6 Å². The Morgan fingerprint density at radius 1 is 1.58 bits per heavy atom. The number of carbonyl (C=O) groups is 1. The maximum Gasteiger partial charge on any atom is 0.410 e. The number of dihydropyridines is 1. The van der Waals surface area contributed by atoms with Crippen LogP contribution in [0.3, 0.4) is 0 Å². The van der Waals surface area contributed by atoms with Crippen molar-refractivity contribution in [3.63, 3.8) is 0 Å². The number of halogens is 2. The van der Waals surface area contributed by atoms with Crippen LogP contribution < -0.4 is 5.32 Å². The van der Waals surface area contributed by atoms with E-state index in [-0.39, 0.29) is 6.09 Å². The zero-order valence-electron chi connectivity index (χ0n) is 11.3. The van der Waals surface area contributed by atoms with Gasteiger partial charge in [0.2, 0.25) is 0 Å². The zero-order valence-corrected chi connectivity index (χ0v) is 12.1. The van der Waals surface area contributed by atoms with Crippen molar-refractivity contribution < 1.29 is 13.9 Å². The molecule has 6 heteroatoms. The third kappa shape index (κ3) is 3.41. The number of amides is 1. The van der Waals surface area contributed by atoms with Crippen molar-refractivity contribution in [3.05, 3.63) is 23.2 Å². The van der Waals surface area contributed by atoms with Gasteiger partial charge in [-0.2, -0.15) is 0 Å². The van der Waals surface area contributed by atoms with Crippen molar-refractivity contribution >= 4 is 17.7 Å². The van der Waals surface area contributed by atoms with Crippen molar-refractivity contribution in [1.29, 1.82) is 0 Å². The molecule has 1 amide bonds. The number of hydrogen-bond acceptors (Lipinski definition) is 3. The molecule has 0 aromatic heterocycles. The molecule has 0 fully saturated rings. The van der Waals surface area contributed by atoms with Gasteiger partial charge in [-0.05, 0) is 32.4 Å². The largest absolute Gasteiger partial charge is 0.444 e. The molecule has 0 bridgehead atoms. The molecule has 106 valence electrons. The molecule has 0 radical (unpaired) electrons. The molecule has 2 aliphatic heterocycles. The van der Waals surface area contributed by atoms with Crippen LogP contribution in [0.2, 0.25) is 0 Å². The van der Waals surface area contributed by atoms with Gasteiger partial charge in [-0.25, -0.2) is 9.18 Å². The molecule has 0 aromatic carbocycles. The van der Waals surface area contributed by atoms with Crippen LogP contribution in [0.1, 0.15) is 27.2 Å². The summed E-state index contributed by atoms with van der Waals surface area (Å²) in [6.07, 6.45) is 1.66. The van der Waals surface area contributed by atoms with Crippen LogP contribution in [0.5, 0.6) is 0 Å². The third-order valence-corrected chi connectivity index (χ3v) is 3.21. The maximum absolute atomic E-state index is 13.4. The van der Waals surface area contributed by atoms with E-state index in [0.29, 0.717) is 19.5 Å². The fraction of sp³-hybridized carbons (Fsp3) is 0.615. The molecule has 1 N–H and O–H groups in total. The fourth-order valence-corrected chi connectivity index (χ4v) is 2.22. The van der Waals surface area contributed by atoms with Crippen molar-refractivity contribution in [3.8, 4) is 0 Å². The molecule has 1 unspecified atom stereocenters. The van der Waals surface area contributed by atoms with Crippen molar-refractivity contribution in [2.75, 3.05) is 13.1 Å². The predicted molar refractivity (Wildman–Crippen MR) is 71.4 cm³/mol. The summed E-state index contributed by atoms with van der Waals surface area (Å²) in [5.41, 5.74) is 0.332. The van der Waals surface area contributed by atoms with Gasteiger partial charge in [0.05, 0.1) is 6.54 Å². The molecule has 0 aromatic rings. The minimum atomic E-state index is -0.799. The third-order valence-electron chi connectivity index (χ3n) is 2.89. The van der Waals surface area contributed by atoms with Crippen LogP contribution in [0.4, 0.5) is 9.18 Å². The average Bonchev–Trinajstić information content (AvgIpc) is 2.27. The highest BCUT2D eigenvalue weighted by Crippen LogP contribution is 2.27. The SMILES string of the molecule is CC(C)(C)OC(=O)N1CCC2=C(C=C(F)C(Cl)N2)C1. The first-order chi connectivity index (χ1) is 8.76. The van der Waals surface area contributed by atoms with E-state index in [0.717, 1.165) is 11.3 Å². The molecule has 4 nitrogen and oxygen atoms in total. The molecule has 2 heterocycles. The molecular weight excluding hydrogens is 271 g/mol. The summed E-state index contributed by atoms with van der Waals surface area (Å²) in [6, 6.07) is 0. The van der Waals surface area contributed by atoms with Gasteiger partial charge in [0.1, 0.15) is 11.4 Å². The summed E-state index contributed by atoms with van der Waals surface area (Å²) in [5.74, 6) is -0.425.